The van der Waals surface area contributed by atoms with Crippen LogP contribution in [-0.4, -0.2) is 39.6 Å². The third-order valence-corrected chi connectivity index (χ3v) is 4.78. The fourth-order valence-electron chi connectivity index (χ4n) is 2.17. The minimum atomic E-state index is -3.86. The summed E-state index contributed by atoms with van der Waals surface area (Å²) in [5, 5.41) is 13.6. The summed E-state index contributed by atoms with van der Waals surface area (Å²) in [7, 11) is -2.30. The van der Waals surface area contributed by atoms with Crippen molar-refractivity contribution in [3.05, 3.63) is 28.3 Å². The molecule has 0 saturated carbocycles. The summed E-state index contributed by atoms with van der Waals surface area (Å²) in [5.41, 5.74) is 0.0408. The smallest absolute Gasteiger partial charge is 0.270 e. The Labute approximate surface area is 122 Å². The van der Waals surface area contributed by atoms with Crippen LogP contribution in [0.5, 0.6) is 0 Å². The number of non-ortho nitro benzene ring substituents is 1. The Kier molecular flexibility index (Phi) is 4.76. The highest BCUT2D eigenvalue weighted by Crippen LogP contribution is 2.26. The largest absolute Gasteiger partial charge is 0.387 e. The van der Waals surface area contributed by atoms with Crippen LogP contribution in [-0.2, 0) is 14.8 Å². The van der Waals surface area contributed by atoms with Crippen molar-refractivity contribution in [2.45, 2.75) is 23.8 Å². The van der Waals surface area contributed by atoms with E-state index in [4.69, 9.17) is 4.74 Å². The van der Waals surface area contributed by atoms with Crippen LogP contribution in [0, 0.1) is 10.1 Å². The van der Waals surface area contributed by atoms with Crippen molar-refractivity contribution < 1.29 is 18.1 Å². The van der Waals surface area contributed by atoms with Crippen LogP contribution in [0.3, 0.4) is 0 Å². The van der Waals surface area contributed by atoms with Crippen molar-refractivity contribution in [2.24, 2.45) is 0 Å². The average Bonchev–Trinajstić information content (AvgIpc) is 2.47. The molecule has 1 atom stereocenters. The van der Waals surface area contributed by atoms with Crippen molar-refractivity contribution in [2.75, 3.05) is 25.6 Å². The van der Waals surface area contributed by atoms with Crippen LogP contribution in [0.2, 0.25) is 0 Å². The van der Waals surface area contributed by atoms with Crippen molar-refractivity contribution in [1.29, 1.82) is 0 Å². The predicted octanol–water partition coefficient (Wildman–Crippen LogP) is 1.09. The molecule has 1 saturated heterocycles. The summed E-state index contributed by atoms with van der Waals surface area (Å²) in [6.45, 7) is 0.930. The molecule has 1 fully saturated rings. The van der Waals surface area contributed by atoms with Gasteiger partial charge in [0.15, 0.2) is 0 Å². The number of sulfonamides is 1. The SMILES string of the molecule is CNc1ccc([N+](=O)[O-])cc1S(=O)(=O)NC1CCCOC1. The molecule has 2 rings (SSSR count). The van der Waals surface area contributed by atoms with Gasteiger partial charge < -0.3 is 10.1 Å². The monoisotopic (exact) mass is 315 g/mol. The van der Waals surface area contributed by atoms with E-state index in [-0.39, 0.29) is 16.6 Å². The fraction of sp³-hybridized carbons (Fsp3) is 0.500. The van der Waals surface area contributed by atoms with Crippen molar-refractivity contribution in [3.63, 3.8) is 0 Å². The van der Waals surface area contributed by atoms with Crippen LogP contribution in [0.1, 0.15) is 12.8 Å². The average molecular weight is 315 g/mol. The Balaban J connectivity index is 2.32. The molecular weight excluding hydrogens is 298 g/mol. The van der Waals surface area contributed by atoms with Gasteiger partial charge in [-0.05, 0) is 18.9 Å². The zero-order chi connectivity index (χ0) is 15.5. The van der Waals surface area contributed by atoms with E-state index >= 15 is 0 Å². The first kappa shape index (κ1) is 15.7. The molecule has 1 aromatic carbocycles. The normalized spacial score (nSPS) is 19.2. The molecule has 1 aliphatic rings. The van der Waals surface area contributed by atoms with E-state index in [0.29, 0.717) is 25.3 Å². The number of benzene rings is 1. The number of nitro benzene ring substituents is 1. The van der Waals surface area contributed by atoms with E-state index in [0.717, 1.165) is 12.5 Å². The van der Waals surface area contributed by atoms with E-state index in [9.17, 15) is 18.5 Å². The molecule has 21 heavy (non-hydrogen) atoms. The number of ether oxygens (including phenoxy) is 1. The number of hydrogen-bond acceptors (Lipinski definition) is 6. The second-order valence-electron chi connectivity index (χ2n) is 4.72. The van der Waals surface area contributed by atoms with Crippen LogP contribution in [0.25, 0.3) is 0 Å². The predicted molar refractivity (Wildman–Crippen MR) is 76.8 cm³/mol. The Hall–Kier alpha value is -1.71. The molecule has 1 heterocycles. The number of rotatable bonds is 5. The van der Waals surface area contributed by atoms with Crippen LogP contribution in [0.4, 0.5) is 11.4 Å². The van der Waals surface area contributed by atoms with E-state index in [1.54, 1.807) is 7.05 Å². The molecule has 8 nitrogen and oxygen atoms in total. The van der Waals surface area contributed by atoms with Gasteiger partial charge in [0.2, 0.25) is 10.0 Å². The molecule has 2 N–H and O–H groups in total. The van der Waals surface area contributed by atoms with Crippen molar-refractivity contribution in [1.82, 2.24) is 4.72 Å². The summed E-state index contributed by atoms with van der Waals surface area (Å²) in [6.07, 6.45) is 1.46. The fourth-order valence-corrected chi connectivity index (χ4v) is 3.66. The lowest BCUT2D eigenvalue weighted by Gasteiger charge is -2.23. The first-order valence-electron chi connectivity index (χ1n) is 6.50. The lowest BCUT2D eigenvalue weighted by molar-refractivity contribution is -0.385. The minimum Gasteiger partial charge on any atom is -0.387 e. The molecule has 1 aliphatic heterocycles. The second kappa shape index (κ2) is 6.37. The van der Waals surface area contributed by atoms with Gasteiger partial charge in [0.05, 0.1) is 17.2 Å². The molecule has 9 heteroatoms. The summed E-state index contributed by atoms with van der Waals surface area (Å²) >= 11 is 0. The quantitative estimate of drug-likeness (QED) is 0.621. The van der Waals surface area contributed by atoms with E-state index < -0.39 is 14.9 Å². The van der Waals surface area contributed by atoms with Crippen molar-refractivity contribution in [3.8, 4) is 0 Å². The molecule has 116 valence electrons. The third-order valence-electron chi connectivity index (χ3n) is 3.22. The number of nitrogens with zero attached hydrogens (tertiary/aromatic N) is 1. The van der Waals surface area contributed by atoms with Gasteiger partial charge in [-0.1, -0.05) is 0 Å². The van der Waals surface area contributed by atoms with E-state index in [1.807, 2.05) is 0 Å². The maximum Gasteiger partial charge on any atom is 0.270 e. The zero-order valence-electron chi connectivity index (χ0n) is 11.5. The lowest BCUT2D eigenvalue weighted by atomic mass is 10.1. The van der Waals surface area contributed by atoms with Gasteiger partial charge in [0, 0.05) is 31.8 Å². The number of anilines is 1. The number of nitro groups is 1. The first-order chi connectivity index (χ1) is 9.94. The van der Waals surface area contributed by atoms with E-state index in [2.05, 4.69) is 10.0 Å². The Morgan fingerprint density at radius 2 is 2.19 bits per heavy atom. The highest BCUT2D eigenvalue weighted by Gasteiger charge is 2.26. The molecule has 1 unspecified atom stereocenters. The molecule has 0 aromatic heterocycles. The molecule has 0 bridgehead atoms. The highest BCUT2D eigenvalue weighted by molar-refractivity contribution is 7.89. The third kappa shape index (κ3) is 3.69. The second-order valence-corrected chi connectivity index (χ2v) is 6.41. The molecule has 0 radical (unpaired) electrons. The van der Waals surface area contributed by atoms with Gasteiger partial charge in [0.25, 0.3) is 5.69 Å². The maximum atomic E-state index is 12.4. The van der Waals surface area contributed by atoms with E-state index in [1.165, 1.54) is 12.1 Å². The zero-order valence-corrected chi connectivity index (χ0v) is 12.4. The Bertz CT molecular complexity index is 626. The van der Waals surface area contributed by atoms with Gasteiger partial charge >= 0.3 is 0 Å². The molecule has 0 spiro atoms. The van der Waals surface area contributed by atoms with Gasteiger partial charge in [-0.15, -0.1) is 0 Å². The standard InChI is InChI=1S/C12H17N3O5S/c1-13-11-5-4-10(15(16)17)7-12(11)21(18,19)14-9-3-2-6-20-8-9/h4-5,7,9,13-14H,2-3,6,8H2,1H3. The van der Waals surface area contributed by atoms with Crippen LogP contribution >= 0.6 is 0 Å². The Morgan fingerprint density at radius 1 is 1.43 bits per heavy atom. The summed E-state index contributed by atoms with van der Waals surface area (Å²) in [6, 6.07) is 3.38. The van der Waals surface area contributed by atoms with Crippen LogP contribution < -0.4 is 10.0 Å². The number of nitrogens with one attached hydrogen (secondary N) is 2. The van der Waals surface area contributed by atoms with Gasteiger partial charge in [0.1, 0.15) is 4.90 Å². The minimum absolute atomic E-state index is 0.134. The number of hydrogen-bond donors (Lipinski definition) is 2. The lowest BCUT2D eigenvalue weighted by Crippen LogP contribution is -2.40. The summed E-state index contributed by atoms with van der Waals surface area (Å²) in [5.74, 6) is 0. The Morgan fingerprint density at radius 3 is 2.76 bits per heavy atom. The van der Waals surface area contributed by atoms with Crippen LogP contribution in [0.15, 0.2) is 23.1 Å². The molecule has 1 aromatic rings. The highest BCUT2D eigenvalue weighted by atomic mass is 32.2. The summed E-state index contributed by atoms with van der Waals surface area (Å²) < 4.78 is 32.6. The molecule has 0 amide bonds. The maximum absolute atomic E-state index is 12.4. The van der Waals surface area contributed by atoms with Crippen molar-refractivity contribution >= 4 is 21.4 Å². The molecular formula is C12H17N3O5S. The van der Waals surface area contributed by atoms with Gasteiger partial charge in [-0.3, -0.25) is 10.1 Å². The first-order valence-corrected chi connectivity index (χ1v) is 7.98. The topological polar surface area (TPSA) is 111 Å². The summed E-state index contributed by atoms with van der Waals surface area (Å²) in [4.78, 5) is 10.1. The van der Waals surface area contributed by atoms with Gasteiger partial charge in [-0.25, -0.2) is 13.1 Å². The van der Waals surface area contributed by atoms with Gasteiger partial charge in [-0.2, -0.15) is 0 Å². The molecule has 0 aliphatic carbocycles.